The van der Waals surface area contributed by atoms with Crippen molar-refractivity contribution in [3.8, 4) is 0 Å². The van der Waals surface area contributed by atoms with Gasteiger partial charge in [0.2, 0.25) is 0 Å². The molecule has 0 aliphatic rings. The van der Waals surface area contributed by atoms with Gasteiger partial charge in [-0.1, -0.05) is 18.2 Å². The van der Waals surface area contributed by atoms with Crippen molar-refractivity contribution in [2.75, 3.05) is 7.11 Å². The number of ether oxygens (including phenoxy) is 1. The summed E-state index contributed by atoms with van der Waals surface area (Å²) in [7, 11) is 1.68. The van der Waals surface area contributed by atoms with Gasteiger partial charge in [-0.2, -0.15) is 0 Å². The van der Waals surface area contributed by atoms with E-state index in [1.165, 1.54) is 10.8 Å². The van der Waals surface area contributed by atoms with E-state index in [1.807, 2.05) is 24.4 Å². The van der Waals surface area contributed by atoms with Gasteiger partial charge in [0.25, 0.3) is 0 Å². The van der Waals surface area contributed by atoms with Crippen LogP contribution in [0.3, 0.4) is 0 Å². The Morgan fingerprint density at radius 1 is 1.19 bits per heavy atom. The molecule has 3 heteroatoms. The highest BCUT2D eigenvalue weighted by atomic mass is 16.5. The van der Waals surface area contributed by atoms with Crippen LogP contribution in [-0.2, 0) is 11.3 Å². The van der Waals surface area contributed by atoms with Crippen molar-refractivity contribution in [3.63, 3.8) is 0 Å². The van der Waals surface area contributed by atoms with Crippen LogP contribution in [0.2, 0.25) is 0 Å². The Morgan fingerprint density at radius 3 is 2.94 bits per heavy atom. The molecule has 0 atom stereocenters. The first-order valence-corrected chi connectivity index (χ1v) is 5.23. The molecule has 0 aliphatic carbocycles. The summed E-state index contributed by atoms with van der Waals surface area (Å²) in [6, 6.07) is 10.3. The van der Waals surface area contributed by atoms with Gasteiger partial charge < -0.3 is 9.72 Å². The van der Waals surface area contributed by atoms with Crippen molar-refractivity contribution < 1.29 is 4.74 Å². The van der Waals surface area contributed by atoms with Crippen LogP contribution in [0.5, 0.6) is 0 Å². The molecule has 0 radical (unpaired) electrons. The van der Waals surface area contributed by atoms with Crippen LogP contribution in [0, 0.1) is 0 Å². The summed E-state index contributed by atoms with van der Waals surface area (Å²) < 4.78 is 5.15. The normalized spacial score (nSPS) is 11.3. The van der Waals surface area contributed by atoms with Crippen LogP contribution < -0.4 is 0 Å². The maximum Gasteiger partial charge on any atom is 0.0905 e. The smallest absolute Gasteiger partial charge is 0.0905 e. The second-order valence-corrected chi connectivity index (χ2v) is 3.78. The van der Waals surface area contributed by atoms with Gasteiger partial charge in [-0.05, 0) is 12.1 Å². The molecule has 3 rings (SSSR count). The Balaban J connectivity index is 2.39. The van der Waals surface area contributed by atoms with Crippen LogP contribution in [0.1, 0.15) is 5.69 Å². The monoisotopic (exact) mass is 212 g/mol. The number of H-pyrrole nitrogens is 1. The fourth-order valence-electron chi connectivity index (χ4n) is 2.08. The minimum Gasteiger partial charge on any atom is -0.378 e. The van der Waals surface area contributed by atoms with Gasteiger partial charge in [-0.3, -0.25) is 4.98 Å². The van der Waals surface area contributed by atoms with E-state index in [-0.39, 0.29) is 0 Å². The Kier molecular flexibility index (Phi) is 2.11. The zero-order chi connectivity index (χ0) is 11.0. The predicted molar refractivity (Wildman–Crippen MR) is 64.3 cm³/mol. The maximum atomic E-state index is 5.15. The Labute approximate surface area is 93.1 Å². The molecule has 2 heterocycles. The molecule has 0 saturated heterocycles. The second-order valence-electron chi connectivity index (χ2n) is 3.78. The molecule has 1 N–H and O–H groups in total. The van der Waals surface area contributed by atoms with Crippen LogP contribution in [0.15, 0.2) is 36.5 Å². The molecule has 0 saturated carbocycles. The van der Waals surface area contributed by atoms with E-state index in [2.05, 4.69) is 22.1 Å². The summed E-state index contributed by atoms with van der Waals surface area (Å²) in [6.45, 7) is 0.532. The van der Waals surface area contributed by atoms with Gasteiger partial charge >= 0.3 is 0 Å². The minimum absolute atomic E-state index is 0.532. The Bertz CT molecular complexity index is 643. The van der Waals surface area contributed by atoms with Crippen molar-refractivity contribution in [3.05, 3.63) is 42.2 Å². The van der Waals surface area contributed by atoms with E-state index < -0.39 is 0 Å². The summed E-state index contributed by atoms with van der Waals surface area (Å²) in [5.41, 5.74) is 3.17. The lowest BCUT2D eigenvalue weighted by Gasteiger charge is -1.99. The van der Waals surface area contributed by atoms with Crippen LogP contribution in [0.4, 0.5) is 0 Å². The molecule has 0 aliphatic heterocycles. The number of para-hydroxylation sites is 1. The molecule has 0 spiro atoms. The van der Waals surface area contributed by atoms with E-state index in [9.17, 15) is 0 Å². The highest BCUT2D eigenvalue weighted by Gasteiger charge is 2.07. The first-order chi connectivity index (χ1) is 7.90. The standard InChI is InChI=1S/C13H12N2O/c1-16-8-12-13-10(6-7-14-12)9-4-2-3-5-11(9)15-13/h2-7,15H,8H2,1H3. The molecule has 3 aromatic rings. The minimum atomic E-state index is 0.532. The number of hydrogen-bond donors (Lipinski definition) is 1. The van der Waals surface area contributed by atoms with Gasteiger partial charge in [0.1, 0.15) is 0 Å². The third-order valence-corrected chi connectivity index (χ3v) is 2.79. The number of pyridine rings is 1. The lowest BCUT2D eigenvalue weighted by Crippen LogP contribution is -1.92. The van der Waals surface area contributed by atoms with Gasteiger partial charge in [0.05, 0.1) is 17.8 Å². The molecular formula is C13H12N2O. The molecule has 0 bridgehead atoms. The Morgan fingerprint density at radius 2 is 2.06 bits per heavy atom. The van der Waals surface area contributed by atoms with Crippen molar-refractivity contribution in [2.45, 2.75) is 6.61 Å². The lowest BCUT2D eigenvalue weighted by molar-refractivity contribution is 0.182. The zero-order valence-corrected chi connectivity index (χ0v) is 9.03. The molecule has 2 aromatic heterocycles. The average molecular weight is 212 g/mol. The topological polar surface area (TPSA) is 37.9 Å². The Hall–Kier alpha value is -1.87. The summed E-state index contributed by atoms with van der Waals surface area (Å²) in [4.78, 5) is 7.72. The van der Waals surface area contributed by atoms with Gasteiger partial charge in [-0.25, -0.2) is 0 Å². The quantitative estimate of drug-likeness (QED) is 0.709. The summed E-state index contributed by atoms with van der Waals surface area (Å²) in [5, 5.41) is 2.44. The second kappa shape index (κ2) is 3.61. The molecule has 0 fully saturated rings. The highest BCUT2D eigenvalue weighted by molar-refractivity contribution is 6.07. The van der Waals surface area contributed by atoms with Crippen molar-refractivity contribution in [1.29, 1.82) is 0 Å². The van der Waals surface area contributed by atoms with Crippen molar-refractivity contribution >= 4 is 21.8 Å². The van der Waals surface area contributed by atoms with Crippen LogP contribution in [0.25, 0.3) is 21.8 Å². The lowest BCUT2D eigenvalue weighted by atomic mass is 10.2. The van der Waals surface area contributed by atoms with E-state index in [4.69, 9.17) is 4.74 Å². The van der Waals surface area contributed by atoms with E-state index in [0.717, 1.165) is 16.7 Å². The number of fused-ring (bicyclic) bond motifs is 3. The number of hydrogen-bond acceptors (Lipinski definition) is 2. The number of aromatic nitrogens is 2. The molecule has 3 nitrogen and oxygen atoms in total. The fraction of sp³-hybridized carbons (Fsp3) is 0.154. The summed E-state index contributed by atoms with van der Waals surface area (Å²) >= 11 is 0. The van der Waals surface area contributed by atoms with E-state index in [0.29, 0.717) is 6.61 Å². The first-order valence-electron chi connectivity index (χ1n) is 5.23. The summed E-state index contributed by atoms with van der Waals surface area (Å²) in [6.07, 6.45) is 1.83. The van der Waals surface area contributed by atoms with Crippen molar-refractivity contribution in [1.82, 2.24) is 9.97 Å². The van der Waals surface area contributed by atoms with Gasteiger partial charge in [0.15, 0.2) is 0 Å². The summed E-state index contributed by atoms with van der Waals surface area (Å²) in [5.74, 6) is 0. The number of rotatable bonds is 2. The van der Waals surface area contributed by atoms with E-state index >= 15 is 0 Å². The number of nitrogens with one attached hydrogen (secondary N) is 1. The van der Waals surface area contributed by atoms with E-state index in [1.54, 1.807) is 7.11 Å². The number of nitrogens with zero attached hydrogens (tertiary/aromatic N) is 1. The third-order valence-electron chi connectivity index (χ3n) is 2.79. The van der Waals surface area contributed by atoms with Crippen LogP contribution >= 0.6 is 0 Å². The molecule has 0 amide bonds. The average Bonchev–Trinajstić information content (AvgIpc) is 2.69. The molecule has 16 heavy (non-hydrogen) atoms. The maximum absolute atomic E-state index is 5.15. The third kappa shape index (κ3) is 1.29. The molecule has 1 aromatic carbocycles. The highest BCUT2D eigenvalue weighted by Crippen LogP contribution is 2.26. The number of methoxy groups -OCH3 is 1. The van der Waals surface area contributed by atoms with Gasteiger partial charge in [-0.15, -0.1) is 0 Å². The van der Waals surface area contributed by atoms with Gasteiger partial charge in [0, 0.05) is 29.6 Å². The first kappa shape index (κ1) is 9.36. The molecule has 0 unspecified atom stereocenters. The van der Waals surface area contributed by atoms with Crippen molar-refractivity contribution in [2.24, 2.45) is 0 Å². The number of benzene rings is 1. The molecular weight excluding hydrogens is 200 g/mol. The fourth-order valence-corrected chi connectivity index (χ4v) is 2.08. The van der Waals surface area contributed by atoms with Crippen LogP contribution in [-0.4, -0.2) is 17.1 Å². The SMILES string of the molecule is COCc1nccc2c1[nH]c1ccccc12. The zero-order valence-electron chi connectivity index (χ0n) is 9.03. The largest absolute Gasteiger partial charge is 0.378 e. The molecule has 80 valence electrons. The number of aromatic amines is 1. The predicted octanol–water partition coefficient (Wildman–Crippen LogP) is 2.86.